The number of halogens is 2. The van der Waals surface area contributed by atoms with E-state index in [1.54, 1.807) is 36.4 Å². The van der Waals surface area contributed by atoms with Crippen molar-refractivity contribution >= 4 is 45.9 Å². The molecule has 134 valence electrons. The summed E-state index contributed by atoms with van der Waals surface area (Å²) in [5, 5.41) is 14.4. The minimum Gasteiger partial charge on any atom is -0.314 e. The maximum Gasteiger partial charge on any atom is 0.294 e. The second kappa shape index (κ2) is 7.61. The standard InChI is InChI=1S/C18H15Cl2N3O2S/c1-11(2)22-17(13-9-12(19)7-8-14(13)20)10-26-18(22)21-15-5-3-4-6-16(15)23(24)25/h3-11H,1-2H3. The summed E-state index contributed by atoms with van der Waals surface area (Å²) in [6.07, 6.45) is 0. The van der Waals surface area contributed by atoms with Crippen LogP contribution in [0.15, 0.2) is 52.8 Å². The minimum atomic E-state index is -0.430. The van der Waals surface area contributed by atoms with Crippen molar-refractivity contribution in [3.05, 3.63) is 72.8 Å². The second-order valence-corrected chi connectivity index (χ2v) is 7.53. The zero-order valence-electron chi connectivity index (χ0n) is 14.0. The molecule has 3 aromatic rings. The Kier molecular flexibility index (Phi) is 5.46. The number of nitro groups is 1. The van der Waals surface area contributed by atoms with Gasteiger partial charge >= 0.3 is 0 Å². The minimum absolute atomic E-state index is 0.0291. The summed E-state index contributed by atoms with van der Waals surface area (Å²) in [7, 11) is 0. The van der Waals surface area contributed by atoms with Gasteiger partial charge in [0.05, 0.1) is 15.6 Å². The Balaban J connectivity index is 2.24. The zero-order chi connectivity index (χ0) is 18.8. The molecule has 5 nitrogen and oxygen atoms in total. The highest BCUT2D eigenvalue weighted by molar-refractivity contribution is 7.07. The lowest BCUT2D eigenvalue weighted by Crippen LogP contribution is -2.18. The number of benzene rings is 2. The topological polar surface area (TPSA) is 60.4 Å². The molecule has 0 amide bonds. The Labute approximate surface area is 164 Å². The molecule has 2 aromatic carbocycles. The van der Waals surface area contributed by atoms with E-state index in [1.807, 2.05) is 23.8 Å². The number of nitrogens with zero attached hydrogens (tertiary/aromatic N) is 3. The molecule has 0 saturated carbocycles. The maximum absolute atomic E-state index is 11.2. The lowest BCUT2D eigenvalue weighted by atomic mass is 10.1. The molecule has 0 spiro atoms. The van der Waals surface area contributed by atoms with E-state index in [9.17, 15) is 10.1 Å². The average molecular weight is 408 g/mol. The highest BCUT2D eigenvalue weighted by Crippen LogP contribution is 2.33. The van der Waals surface area contributed by atoms with Gasteiger partial charge in [-0.3, -0.25) is 10.1 Å². The lowest BCUT2D eigenvalue weighted by Gasteiger charge is -2.14. The first-order chi connectivity index (χ1) is 12.4. The predicted molar refractivity (Wildman–Crippen MR) is 106 cm³/mol. The second-order valence-electron chi connectivity index (χ2n) is 5.85. The first-order valence-electron chi connectivity index (χ1n) is 7.82. The van der Waals surface area contributed by atoms with Crippen LogP contribution in [0.2, 0.25) is 10.0 Å². The average Bonchev–Trinajstić information content (AvgIpc) is 3.01. The van der Waals surface area contributed by atoms with Crippen LogP contribution in [0.3, 0.4) is 0 Å². The number of rotatable bonds is 4. The van der Waals surface area contributed by atoms with Crippen molar-refractivity contribution in [3.8, 4) is 11.3 Å². The van der Waals surface area contributed by atoms with Crippen molar-refractivity contribution in [2.75, 3.05) is 0 Å². The molecule has 0 atom stereocenters. The van der Waals surface area contributed by atoms with Crippen molar-refractivity contribution in [3.63, 3.8) is 0 Å². The molecule has 0 N–H and O–H groups in total. The lowest BCUT2D eigenvalue weighted by molar-refractivity contribution is -0.384. The van der Waals surface area contributed by atoms with Crippen LogP contribution < -0.4 is 4.80 Å². The summed E-state index contributed by atoms with van der Waals surface area (Å²) in [5.74, 6) is 0. The van der Waals surface area contributed by atoms with E-state index in [-0.39, 0.29) is 11.7 Å². The molecule has 0 fully saturated rings. The van der Waals surface area contributed by atoms with Gasteiger partial charge in [0, 0.05) is 28.1 Å². The third-order valence-electron chi connectivity index (χ3n) is 3.76. The van der Waals surface area contributed by atoms with Gasteiger partial charge in [-0.15, -0.1) is 11.3 Å². The van der Waals surface area contributed by atoms with E-state index in [0.29, 0.717) is 20.5 Å². The van der Waals surface area contributed by atoms with Gasteiger partial charge in [-0.2, -0.15) is 0 Å². The summed E-state index contributed by atoms with van der Waals surface area (Å²) >= 11 is 13.9. The molecule has 0 radical (unpaired) electrons. The van der Waals surface area contributed by atoms with Gasteiger partial charge in [0.1, 0.15) is 5.69 Å². The Morgan fingerprint density at radius 2 is 1.92 bits per heavy atom. The fourth-order valence-electron chi connectivity index (χ4n) is 2.61. The van der Waals surface area contributed by atoms with Crippen LogP contribution in [-0.4, -0.2) is 9.49 Å². The molecule has 0 aliphatic heterocycles. The van der Waals surface area contributed by atoms with Crippen molar-refractivity contribution in [1.29, 1.82) is 0 Å². The Morgan fingerprint density at radius 1 is 1.19 bits per heavy atom. The number of para-hydroxylation sites is 2. The molecular weight excluding hydrogens is 393 g/mol. The molecule has 0 unspecified atom stereocenters. The number of thiazole rings is 1. The van der Waals surface area contributed by atoms with Gasteiger partial charge in [0.25, 0.3) is 5.69 Å². The number of hydrogen-bond acceptors (Lipinski definition) is 4. The van der Waals surface area contributed by atoms with E-state index < -0.39 is 4.92 Å². The Bertz CT molecular complexity index is 1040. The largest absolute Gasteiger partial charge is 0.314 e. The van der Waals surface area contributed by atoms with Gasteiger partial charge in [-0.25, -0.2) is 4.99 Å². The first-order valence-corrected chi connectivity index (χ1v) is 9.45. The van der Waals surface area contributed by atoms with Crippen molar-refractivity contribution in [2.45, 2.75) is 19.9 Å². The fraction of sp³-hybridized carbons (Fsp3) is 0.167. The monoisotopic (exact) mass is 407 g/mol. The van der Waals surface area contributed by atoms with E-state index in [4.69, 9.17) is 23.2 Å². The van der Waals surface area contributed by atoms with Crippen molar-refractivity contribution < 1.29 is 4.92 Å². The van der Waals surface area contributed by atoms with Crippen molar-refractivity contribution in [1.82, 2.24) is 4.57 Å². The smallest absolute Gasteiger partial charge is 0.294 e. The molecular formula is C18H15Cl2N3O2S. The van der Waals surface area contributed by atoms with Crippen molar-refractivity contribution in [2.24, 2.45) is 4.99 Å². The molecule has 0 aliphatic carbocycles. The van der Waals surface area contributed by atoms with Crippen LogP contribution >= 0.6 is 34.5 Å². The normalized spacial score (nSPS) is 12.0. The van der Waals surface area contributed by atoms with Crippen LogP contribution in [0.5, 0.6) is 0 Å². The van der Waals surface area contributed by atoms with E-state index in [2.05, 4.69) is 4.99 Å². The molecule has 0 saturated heterocycles. The highest BCUT2D eigenvalue weighted by atomic mass is 35.5. The summed E-state index contributed by atoms with van der Waals surface area (Å²) in [6, 6.07) is 11.8. The number of aromatic nitrogens is 1. The molecule has 0 bridgehead atoms. The van der Waals surface area contributed by atoms with Gasteiger partial charge in [-0.05, 0) is 38.1 Å². The predicted octanol–water partition coefficient (Wildman–Crippen LogP) is 6.24. The van der Waals surface area contributed by atoms with Gasteiger partial charge in [-0.1, -0.05) is 35.3 Å². The first kappa shape index (κ1) is 18.6. The highest BCUT2D eigenvalue weighted by Gasteiger charge is 2.16. The van der Waals surface area contributed by atoms with Crippen LogP contribution in [0.25, 0.3) is 11.3 Å². The third-order valence-corrected chi connectivity index (χ3v) is 5.16. The molecule has 8 heteroatoms. The molecule has 26 heavy (non-hydrogen) atoms. The molecule has 3 rings (SSSR count). The molecule has 0 aliphatic rings. The third kappa shape index (κ3) is 3.67. The summed E-state index contributed by atoms with van der Waals surface area (Å²) in [4.78, 5) is 16.0. The van der Waals surface area contributed by atoms with E-state index in [0.717, 1.165) is 11.3 Å². The zero-order valence-corrected chi connectivity index (χ0v) is 16.3. The quantitative estimate of drug-likeness (QED) is 0.379. The summed E-state index contributed by atoms with van der Waals surface area (Å²) < 4.78 is 2.00. The molecule has 1 heterocycles. The summed E-state index contributed by atoms with van der Waals surface area (Å²) in [5.41, 5.74) is 1.96. The van der Waals surface area contributed by atoms with Crippen LogP contribution in [0.1, 0.15) is 19.9 Å². The number of hydrogen-bond donors (Lipinski definition) is 0. The van der Waals surface area contributed by atoms with Gasteiger partial charge in [0.15, 0.2) is 4.80 Å². The van der Waals surface area contributed by atoms with Crippen LogP contribution in [-0.2, 0) is 0 Å². The SMILES string of the molecule is CC(C)n1c(-c2cc(Cl)ccc2Cl)csc1=Nc1ccccc1[N+](=O)[O-]. The van der Waals surface area contributed by atoms with E-state index >= 15 is 0 Å². The Morgan fingerprint density at radius 3 is 2.62 bits per heavy atom. The van der Waals surface area contributed by atoms with E-state index in [1.165, 1.54) is 17.4 Å². The van der Waals surface area contributed by atoms with Crippen LogP contribution in [0, 0.1) is 10.1 Å². The molecule has 1 aromatic heterocycles. The number of nitro benzene ring substituents is 1. The van der Waals surface area contributed by atoms with Crippen LogP contribution in [0.4, 0.5) is 11.4 Å². The summed E-state index contributed by atoms with van der Waals surface area (Å²) in [6.45, 7) is 4.04. The van der Waals surface area contributed by atoms with Gasteiger partial charge < -0.3 is 4.57 Å². The maximum atomic E-state index is 11.2. The fourth-order valence-corrected chi connectivity index (χ4v) is 4.03. The Hall–Kier alpha value is -2.15. The van der Waals surface area contributed by atoms with Gasteiger partial charge in [0.2, 0.25) is 0 Å².